The molecule has 0 saturated carbocycles. The van der Waals surface area contributed by atoms with Gasteiger partial charge in [-0.15, -0.1) is 0 Å². The van der Waals surface area contributed by atoms with Crippen LogP contribution in [0.2, 0.25) is 0 Å². The van der Waals surface area contributed by atoms with Gasteiger partial charge in [-0.2, -0.15) is 0 Å². The maximum absolute atomic E-state index is 12.4. The van der Waals surface area contributed by atoms with E-state index in [2.05, 4.69) is 5.32 Å². The number of carbonyl (C=O) groups is 2. The molecule has 116 valence electrons. The lowest BCUT2D eigenvalue weighted by Crippen LogP contribution is -2.46. The number of carbonyl (C=O) groups excluding carboxylic acids is 2. The van der Waals surface area contributed by atoms with Crippen molar-refractivity contribution in [1.82, 2.24) is 10.2 Å². The number of hydrogen-bond donors (Lipinski definition) is 2. The molecule has 0 aliphatic carbocycles. The maximum atomic E-state index is 12.4. The highest BCUT2D eigenvalue weighted by atomic mass is 16.4. The third kappa shape index (κ3) is 3.85. The van der Waals surface area contributed by atoms with Crippen molar-refractivity contribution in [3.8, 4) is 0 Å². The first-order valence-corrected chi connectivity index (χ1v) is 7.51. The van der Waals surface area contributed by atoms with Crippen LogP contribution in [0.1, 0.15) is 36.1 Å². The summed E-state index contributed by atoms with van der Waals surface area (Å²) in [7, 11) is 0. The van der Waals surface area contributed by atoms with E-state index in [-0.39, 0.29) is 17.7 Å². The summed E-state index contributed by atoms with van der Waals surface area (Å²) in [6.07, 6.45) is 2.39. The van der Waals surface area contributed by atoms with Gasteiger partial charge in [0, 0.05) is 32.6 Å². The van der Waals surface area contributed by atoms with Crippen molar-refractivity contribution in [3.05, 3.63) is 23.7 Å². The molecule has 6 nitrogen and oxygen atoms in total. The minimum atomic E-state index is -0.158. The Hall–Kier alpha value is -1.82. The molecule has 0 spiro atoms. The number of nitrogens with two attached hydrogens (primary N) is 1. The summed E-state index contributed by atoms with van der Waals surface area (Å²) >= 11 is 0. The van der Waals surface area contributed by atoms with Gasteiger partial charge in [0.2, 0.25) is 5.91 Å². The number of amides is 2. The fourth-order valence-corrected chi connectivity index (χ4v) is 2.55. The average Bonchev–Trinajstić information content (AvgIpc) is 3.01. The first-order valence-electron chi connectivity index (χ1n) is 7.51. The summed E-state index contributed by atoms with van der Waals surface area (Å²) in [6, 6.07) is 3.53. The molecule has 1 saturated heterocycles. The lowest BCUT2D eigenvalue weighted by Gasteiger charge is -2.31. The molecular weight excluding hydrogens is 270 g/mol. The number of likely N-dealkylation sites (tertiary alicyclic amines) is 1. The molecule has 0 radical (unpaired) electrons. The maximum Gasteiger partial charge on any atom is 0.289 e. The van der Waals surface area contributed by atoms with Crippen molar-refractivity contribution in [3.63, 3.8) is 0 Å². The first kappa shape index (κ1) is 15.6. The fraction of sp³-hybridized carbons (Fsp3) is 0.600. The van der Waals surface area contributed by atoms with Crippen LogP contribution in [0.15, 0.2) is 16.5 Å². The van der Waals surface area contributed by atoms with Gasteiger partial charge in [-0.05, 0) is 25.0 Å². The molecule has 0 aromatic carbocycles. The summed E-state index contributed by atoms with van der Waals surface area (Å²) in [5.41, 5.74) is 5.38. The van der Waals surface area contributed by atoms with Gasteiger partial charge in [0.15, 0.2) is 5.76 Å². The Morgan fingerprint density at radius 1 is 1.48 bits per heavy atom. The zero-order valence-electron chi connectivity index (χ0n) is 12.4. The van der Waals surface area contributed by atoms with Crippen molar-refractivity contribution in [1.29, 1.82) is 0 Å². The van der Waals surface area contributed by atoms with Crippen LogP contribution in [0.4, 0.5) is 0 Å². The van der Waals surface area contributed by atoms with Crippen molar-refractivity contribution in [2.45, 2.75) is 26.2 Å². The molecule has 2 rings (SSSR count). The van der Waals surface area contributed by atoms with Gasteiger partial charge in [-0.3, -0.25) is 9.59 Å². The molecule has 0 bridgehead atoms. The Labute approximate surface area is 124 Å². The van der Waals surface area contributed by atoms with E-state index in [0.717, 1.165) is 25.0 Å². The number of rotatable bonds is 5. The Bertz CT molecular complexity index is 498. The van der Waals surface area contributed by atoms with Gasteiger partial charge >= 0.3 is 0 Å². The topological polar surface area (TPSA) is 88.6 Å². The summed E-state index contributed by atoms with van der Waals surface area (Å²) in [5, 5.41) is 2.79. The quantitative estimate of drug-likeness (QED) is 0.839. The van der Waals surface area contributed by atoms with Crippen LogP contribution in [-0.2, 0) is 11.2 Å². The summed E-state index contributed by atoms with van der Waals surface area (Å²) in [5.74, 6) is 0.843. The van der Waals surface area contributed by atoms with E-state index in [4.69, 9.17) is 10.2 Å². The third-order valence-corrected chi connectivity index (χ3v) is 3.74. The van der Waals surface area contributed by atoms with Crippen LogP contribution >= 0.6 is 0 Å². The average molecular weight is 293 g/mol. The second kappa shape index (κ2) is 7.26. The van der Waals surface area contributed by atoms with E-state index in [9.17, 15) is 9.59 Å². The van der Waals surface area contributed by atoms with E-state index in [1.54, 1.807) is 11.0 Å². The second-order valence-corrected chi connectivity index (χ2v) is 5.29. The van der Waals surface area contributed by atoms with Crippen LogP contribution < -0.4 is 11.1 Å². The van der Waals surface area contributed by atoms with E-state index < -0.39 is 0 Å². The largest absolute Gasteiger partial charge is 0.456 e. The highest BCUT2D eigenvalue weighted by Gasteiger charge is 2.29. The molecule has 1 fully saturated rings. The van der Waals surface area contributed by atoms with E-state index in [1.807, 2.05) is 13.0 Å². The van der Waals surface area contributed by atoms with Gasteiger partial charge in [0.05, 0.1) is 5.92 Å². The molecule has 1 aliphatic heterocycles. The number of piperidine rings is 1. The molecule has 1 atom stereocenters. The van der Waals surface area contributed by atoms with Crippen molar-refractivity contribution in [2.75, 3.05) is 26.2 Å². The van der Waals surface area contributed by atoms with Crippen LogP contribution in [0.3, 0.4) is 0 Å². The Morgan fingerprint density at radius 2 is 2.29 bits per heavy atom. The first-order chi connectivity index (χ1) is 10.2. The SMILES string of the molecule is CCc1ccc(C(=O)N2CCCC(C(=O)NCCN)C2)o1. The smallest absolute Gasteiger partial charge is 0.289 e. The molecule has 1 unspecified atom stereocenters. The van der Waals surface area contributed by atoms with Crippen LogP contribution in [0, 0.1) is 5.92 Å². The highest BCUT2D eigenvalue weighted by molar-refractivity contribution is 5.92. The molecular formula is C15H23N3O3. The molecule has 6 heteroatoms. The third-order valence-electron chi connectivity index (χ3n) is 3.74. The Balaban J connectivity index is 1.96. The Kier molecular flexibility index (Phi) is 5.38. The monoisotopic (exact) mass is 293 g/mol. The highest BCUT2D eigenvalue weighted by Crippen LogP contribution is 2.20. The summed E-state index contributed by atoms with van der Waals surface area (Å²) < 4.78 is 5.50. The normalized spacial score (nSPS) is 18.6. The van der Waals surface area contributed by atoms with Crippen LogP contribution in [0.5, 0.6) is 0 Å². The number of nitrogens with zero attached hydrogens (tertiary/aromatic N) is 1. The minimum Gasteiger partial charge on any atom is -0.456 e. The molecule has 21 heavy (non-hydrogen) atoms. The van der Waals surface area contributed by atoms with Gasteiger partial charge < -0.3 is 20.4 Å². The second-order valence-electron chi connectivity index (χ2n) is 5.29. The fourth-order valence-electron chi connectivity index (χ4n) is 2.55. The van der Waals surface area contributed by atoms with Gasteiger partial charge in [0.25, 0.3) is 5.91 Å². The van der Waals surface area contributed by atoms with Crippen LogP contribution in [0.25, 0.3) is 0 Å². The molecule has 2 heterocycles. The van der Waals surface area contributed by atoms with Gasteiger partial charge in [-0.1, -0.05) is 6.92 Å². The number of hydrogen-bond acceptors (Lipinski definition) is 4. The minimum absolute atomic E-state index is 0.0216. The van der Waals surface area contributed by atoms with Crippen LogP contribution in [-0.4, -0.2) is 42.9 Å². The van der Waals surface area contributed by atoms with E-state index in [0.29, 0.717) is 31.9 Å². The van der Waals surface area contributed by atoms with Crippen molar-refractivity contribution < 1.29 is 14.0 Å². The molecule has 1 aliphatic rings. The summed E-state index contributed by atoms with van der Waals surface area (Å²) in [6.45, 7) is 3.99. The molecule has 2 amide bonds. The predicted molar refractivity (Wildman–Crippen MR) is 78.8 cm³/mol. The standard InChI is InChI=1S/C15H23N3O3/c1-2-12-5-6-13(21-12)15(20)18-9-3-4-11(10-18)14(19)17-8-7-16/h5-6,11H,2-4,7-10,16H2,1H3,(H,17,19). The van der Waals surface area contributed by atoms with Gasteiger partial charge in [0.1, 0.15) is 5.76 Å². The molecule has 1 aromatic heterocycles. The Morgan fingerprint density at radius 3 is 2.95 bits per heavy atom. The van der Waals surface area contributed by atoms with Gasteiger partial charge in [-0.25, -0.2) is 0 Å². The zero-order chi connectivity index (χ0) is 15.2. The number of nitrogens with one attached hydrogen (secondary N) is 1. The zero-order valence-corrected chi connectivity index (χ0v) is 12.4. The van der Waals surface area contributed by atoms with Crippen molar-refractivity contribution in [2.24, 2.45) is 11.7 Å². The lowest BCUT2D eigenvalue weighted by atomic mass is 9.97. The predicted octanol–water partition coefficient (Wildman–Crippen LogP) is 0.769. The summed E-state index contributed by atoms with van der Waals surface area (Å²) in [4.78, 5) is 26.1. The van der Waals surface area contributed by atoms with E-state index >= 15 is 0 Å². The molecule has 3 N–H and O–H groups in total. The number of furan rings is 1. The van der Waals surface area contributed by atoms with E-state index in [1.165, 1.54) is 0 Å². The molecule has 1 aromatic rings. The van der Waals surface area contributed by atoms with Crippen molar-refractivity contribution >= 4 is 11.8 Å². The lowest BCUT2D eigenvalue weighted by molar-refractivity contribution is -0.126. The number of aryl methyl sites for hydroxylation is 1.